The number of ether oxygens (including phenoxy) is 2. The first-order chi connectivity index (χ1) is 10.3. The van der Waals surface area contributed by atoms with Crippen LogP contribution in [0.2, 0.25) is 10.3 Å². The van der Waals surface area contributed by atoms with Crippen LogP contribution in [0.4, 0.5) is 15.3 Å². The second kappa shape index (κ2) is 6.88. The van der Waals surface area contributed by atoms with Crippen molar-refractivity contribution >= 4 is 41.1 Å². The molecule has 9 heteroatoms. The largest absolute Gasteiger partial charge is 0.443 e. The number of hydrogen-bond acceptors (Lipinski definition) is 6. The third-order valence-electron chi connectivity index (χ3n) is 2.11. The number of carbonyl (C=O) groups excluding carboxylic acids is 2. The SMILES string of the molecule is CC(C)(C)OC(=O)N(C(=O)OC(C)(C)C)c1c(Cl)ncnc1Cl. The van der Waals surface area contributed by atoms with E-state index in [1.54, 1.807) is 41.5 Å². The highest BCUT2D eigenvalue weighted by Gasteiger charge is 2.36. The molecule has 0 saturated heterocycles. The third-order valence-corrected chi connectivity index (χ3v) is 2.66. The average Bonchev–Trinajstić information content (AvgIpc) is 2.28. The predicted molar refractivity (Wildman–Crippen MR) is 87.0 cm³/mol. The number of imide groups is 1. The van der Waals surface area contributed by atoms with Gasteiger partial charge in [-0.1, -0.05) is 23.2 Å². The zero-order chi connectivity index (χ0) is 18.0. The molecule has 0 N–H and O–H groups in total. The lowest BCUT2D eigenvalue weighted by Gasteiger charge is -2.28. The summed E-state index contributed by atoms with van der Waals surface area (Å²) < 4.78 is 10.4. The van der Waals surface area contributed by atoms with Crippen LogP contribution in [-0.2, 0) is 9.47 Å². The smallest absolute Gasteiger partial charge is 0.424 e. The fourth-order valence-electron chi connectivity index (χ4n) is 1.39. The van der Waals surface area contributed by atoms with Gasteiger partial charge in [-0.2, -0.15) is 4.90 Å². The second-order valence-electron chi connectivity index (χ2n) is 6.60. The number of amides is 2. The van der Waals surface area contributed by atoms with Crippen LogP contribution in [0.15, 0.2) is 6.33 Å². The van der Waals surface area contributed by atoms with Gasteiger partial charge in [0.25, 0.3) is 0 Å². The predicted octanol–water partition coefficient (Wildman–Crippen LogP) is 4.46. The van der Waals surface area contributed by atoms with Crippen LogP contribution in [0.25, 0.3) is 0 Å². The van der Waals surface area contributed by atoms with Crippen molar-refractivity contribution in [1.29, 1.82) is 0 Å². The minimum atomic E-state index is -0.995. The number of nitrogens with zero attached hydrogens (tertiary/aromatic N) is 3. The van der Waals surface area contributed by atoms with Crippen molar-refractivity contribution in [2.45, 2.75) is 52.7 Å². The van der Waals surface area contributed by atoms with E-state index in [2.05, 4.69) is 9.97 Å². The van der Waals surface area contributed by atoms with E-state index >= 15 is 0 Å². The van der Waals surface area contributed by atoms with Crippen LogP contribution in [0.5, 0.6) is 0 Å². The maximum atomic E-state index is 12.4. The first-order valence-corrected chi connectivity index (χ1v) is 7.49. The fraction of sp³-hybridized carbons (Fsp3) is 0.571. The Balaban J connectivity index is 3.32. The van der Waals surface area contributed by atoms with Crippen LogP contribution in [-0.4, -0.2) is 33.4 Å². The van der Waals surface area contributed by atoms with E-state index in [4.69, 9.17) is 32.7 Å². The maximum absolute atomic E-state index is 12.4. The van der Waals surface area contributed by atoms with Crippen molar-refractivity contribution < 1.29 is 19.1 Å². The molecule has 0 saturated carbocycles. The summed E-state index contributed by atoms with van der Waals surface area (Å²) in [5.41, 5.74) is -1.88. The highest BCUT2D eigenvalue weighted by atomic mass is 35.5. The normalized spacial score (nSPS) is 11.8. The van der Waals surface area contributed by atoms with Crippen molar-refractivity contribution in [3.05, 3.63) is 16.6 Å². The zero-order valence-corrected chi connectivity index (χ0v) is 15.3. The summed E-state index contributed by atoms with van der Waals surface area (Å²) in [6.45, 7) is 9.93. The molecule has 0 aliphatic rings. The number of hydrogen-bond donors (Lipinski definition) is 0. The van der Waals surface area contributed by atoms with Crippen molar-refractivity contribution in [3.8, 4) is 0 Å². The van der Waals surface area contributed by atoms with Gasteiger partial charge in [0.2, 0.25) is 0 Å². The Labute approximate surface area is 144 Å². The molecule has 0 unspecified atom stereocenters. The minimum Gasteiger partial charge on any atom is -0.443 e. The molecule has 0 radical (unpaired) electrons. The van der Waals surface area contributed by atoms with Crippen LogP contribution in [0.3, 0.4) is 0 Å². The molecule has 7 nitrogen and oxygen atoms in total. The molecule has 1 aromatic rings. The van der Waals surface area contributed by atoms with E-state index in [-0.39, 0.29) is 16.0 Å². The number of aromatic nitrogens is 2. The van der Waals surface area contributed by atoms with Gasteiger partial charge in [0, 0.05) is 0 Å². The summed E-state index contributed by atoms with van der Waals surface area (Å²) in [7, 11) is 0. The van der Waals surface area contributed by atoms with E-state index in [1.807, 2.05) is 0 Å². The topological polar surface area (TPSA) is 81.6 Å². The molecule has 128 valence electrons. The van der Waals surface area contributed by atoms with Crippen LogP contribution in [0.1, 0.15) is 41.5 Å². The molecule has 2 amide bonds. The van der Waals surface area contributed by atoms with Crippen molar-refractivity contribution in [1.82, 2.24) is 9.97 Å². The van der Waals surface area contributed by atoms with Gasteiger partial charge in [-0.15, -0.1) is 0 Å². The van der Waals surface area contributed by atoms with E-state index in [1.165, 1.54) is 0 Å². The molecule has 0 aliphatic carbocycles. The van der Waals surface area contributed by atoms with E-state index in [0.29, 0.717) is 4.90 Å². The maximum Gasteiger partial charge on any atom is 0.424 e. The summed E-state index contributed by atoms with van der Waals surface area (Å²) in [6, 6.07) is 0. The van der Waals surface area contributed by atoms with Crippen molar-refractivity contribution in [2.75, 3.05) is 4.90 Å². The van der Waals surface area contributed by atoms with Crippen molar-refractivity contribution in [3.63, 3.8) is 0 Å². The van der Waals surface area contributed by atoms with E-state index in [9.17, 15) is 9.59 Å². The molecular weight excluding hydrogens is 345 g/mol. The fourth-order valence-corrected chi connectivity index (χ4v) is 1.88. The van der Waals surface area contributed by atoms with Gasteiger partial charge in [0.05, 0.1) is 0 Å². The van der Waals surface area contributed by atoms with Gasteiger partial charge in [-0.3, -0.25) is 0 Å². The Bertz CT molecular complexity index is 561. The number of rotatable bonds is 1. The van der Waals surface area contributed by atoms with Crippen molar-refractivity contribution in [2.24, 2.45) is 0 Å². The lowest BCUT2D eigenvalue weighted by molar-refractivity contribution is 0.0430. The second-order valence-corrected chi connectivity index (χ2v) is 7.32. The Hall–Kier alpha value is -1.60. The molecule has 0 atom stereocenters. The summed E-state index contributed by atoms with van der Waals surface area (Å²) in [4.78, 5) is 32.9. The lowest BCUT2D eigenvalue weighted by Crippen LogP contribution is -2.44. The Morgan fingerprint density at radius 2 is 1.26 bits per heavy atom. The molecule has 0 aliphatic heterocycles. The molecule has 23 heavy (non-hydrogen) atoms. The van der Waals surface area contributed by atoms with E-state index < -0.39 is 23.4 Å². The summed E-state index contributed by atoms with van der Waals surface area (Å²) in [5, 5.41) is -0.358. The lowest BCUT2D eigenvalue weighted by atomic mass is 10.2. The standard InChI is InChI=1S/C14H19Cl2N3O4/c1-13(2,3)22-11(20)19(12(21)23-14(4,5)6)8-9(15)17-7-18-10(8)16/h7H,1-6H3. The van der Waals surface area contributed by atoms with Gasteiger partial charge >= 0.3 is 12.2 Å². The van der Waals surface area contributed by atoms with Gasteiger partial charge in [-0.05, 0) is 41.5 Å². The summed E-state index contributed by atoms with van der Waals surface area (Å²) in [5.74, 6) is 0. The Kier molecular flexibility index (Phi) is 5.82. The zero-order valence-electron chi connectivity index (χ0n) is 13.8. The summed E-state index contributed by atoms with van der Waals surface area (Å²) >= 11 is 11.9. The Morgan fingerprint density at radius 3 is 1.57 bits per heavy atom. The molecule has 1 aromatic heterocycles. The highest BCUT2D eigenvalue weighted by molar-refractivity contribution is 6.39. The quantitative estimate of drug-likeness (QED) is 0.685. The van der Waals surface area contributed by atoms with Gasteiger partial charge in [0.1, 0.15) is 23.2 Å². The molecule has 0 bridgehead atoms. The molecular formula is C14H19Cl2N3O4. The third kappa shape index (κ3) is 5.84. The van der Waals surface area contributed by atoms with Crippen LogP contribution in [0, 0.1) is 0 Å². The van der Waals surface area contributed by atoms with Gasteiger partial charge in [0.15, 0.2) is 10.3 Å². The van der Waals surface area contributed by atoms with Gasteiger partial charge < -0.3 is 9.47 Å². The molecule has 0 spiro atoms. The first-order valence-electron chi connectivity index (χ1n) is 6.74. The molecule has 0 fully saturated rings. The monoisotopic (exact) mass is 363 g/mol. The van der Waals surface area contributed by atoms with Crippen LogP contribution < -0.4 is 4.90 Å². The van der Waals surface area contributed by atoms with Crippen LogP contribution >= 0.6 is 23.2 Å². The summed E-state index contributed by atoms with van der Waals surface area (Å²) in [6.07, 6.45) is -0.882. The van der Waals surface area contributed by atoms with Gasteiger partial charge in [-0.25, -0.2) is 19.6 Å². The number of halogens is 2. The average molecular weight is 364 g/mol. The number of anilines is 1. The minimum absolute atomic E-state index is 0.179. The molecule has 1 rings (SSSR count). The molecule has 1 heterocycles. The molecule has 0 aromatic carbocycles. The highest BCUT2D eigenvalue weighted by Crippen LogP contribution is 2.32. The Morgan fingerprint density at radius 1 is 0.913 bits per heavy atom. The first kappa shape index (κ1) is 19.4. The van der Waals surface area contributed by atoms with E-state index in [0.717, 1.165) is 6.33 Å². The number of carbonyl (C=O) groups is 2.